The number of hydrogen-bond donors (Lipinski definition) is 1. The molecule has 0 aliphatic carbocycles. The van der Waals surface area contributed by atoms with Crippen LogP contribution in [0.25, 0.3) is 0 Å². The zero-order valence-corrected chi connectivity index (χ0v) is 6.32. The molecule has 0 fully saturated rings. The first-order chi connectivity index (χ1) is 4.16. The standard InChI is InChI=1S/C5H13NO2S/c1-2-3-5(6)4-9(7)8/h5H,2-4,6H2,1H3,(H,7,8)/p-1. The molecule has 0 aliphatic rings. The molecule has 3 nitrogen and oxygen atoms in total. The van der Waals surface area contributed by atoms with Gasteiger partial charge in [0, 0.05) is 11.8 Å². The van der Waals surface area contributed by atoms with Crippen molar-refractivity contribution in [3.63, 3.8) is 0 Å². The Morgan fingerprint density at radius 1 is 1.78 bits per heavy atom. The van der Waals surface area contributed by atoms with Crippen LogP contribution in [0.15, 0.2) is 0 Å². The van der Waals surface area contributed by atoms with Crippen molar-refractivity contribution >= 4 is 11.1 Å². The third kappa shape index (κ3) is 5.95. The molecule has 0 aromatic carbocycles. The third-order valence-corrected chi connectivity index (χ3v) is 1.71. The number of nitrogens with two attached hydrogens (primary N) is 1. The van der Waals surface area contributed by atoms with Gasteiger partial charge in [-0.3, -0.25) is 4.21 Å². The van der Waals surface area contributed by atoms with Crippen molar-refractivity contribution in [3.8, 4) is 0 Å². The highest BCUT2D eigenvalue weighted by Gasteiger charge is 1.98. The van der Waals surface area contributed by atoms with E-state index in [2.05, 4.69) is 0 Å². The van der Waals surface area contributed by atoms with Crippen LogP contribution in [-0.2, 0) is 11.1 Å². The summed E-state index contributed by atoms with van der Waals surface area (Å²) < 4.78 is 20.0. The SMILES string of the molecule is CCCC(N)CS(=O)[O-]. The van der Waals surface area contributed by atoms with Crippen LogP contribution >= 0.6 is 0 Å². The first kappa shape index (κ1) is 9.07. The van der Waals surface area contributed by atoms with E-state index in [1.807, 2.05) is 6.92 Å². The molecule has 9 heavy (non-hydrogen) atoms. The van der Waals surface area contributed by atoms with Crippen molar-refractivity contribution in [1.29, 1.82) is 0 Å². The summed E-state index contributed by atoms with van der Waals surface area (Å²) in [5.41, 5.74) is 5.39. The minimum absolute atomic E-state index is 0.0911. The Kier molecular flexibility index (Phi) is 4.94. The van der Waals surface area contributed by atoms with E-state index < -0.39 is 11.1 Å². The monoisotopic (exact) mass is 150 g/mol. The van der Waals surface area contributed by atoms with Crippen LogP contribution in [0.3, 0.4) is 0 Å². The van der Waals surface area contributed by atoms with Crippen molar-refractivity contribution < 1.29 is 8.76 Å². The van der Waals surface area contributed by atoms with Crippen molar-refractivity contribution in [2.45, 2.75) is 25.8 Å². The largest absolute Gasteiger partial charge is 0.772 e. The van der Waals surface area contributed by atoms with Gasteiger partial charge in [0.05, 0.1) is 0 Å². The van der Waals surface area contributed by atoms with E-state index in [-0.39, 0.29) is 11.8 Å². The molecule has 0 radical (unpaired) electrons. The smallest absolute Gasteiger partial charge is 0.0254 e. The van der Waals surface area contributed by atoms with E-state index in [1.54, 1.807) is 0 Å². The average molecular weight is 150 g/mol. The van der Waals surface area contributed by atoms with Gasteiger partial charge < -0.3 is 10.3 Å². The fourth-order valence-corrected chi connectivity index (χ4v) is 1.15. The zero-order valence-electron chi connectivity index (χ0n) is 5.50. The molecule has 0 heterocycles. The summed E-state index contributed by atoms with van der Waals surface area (Å²) in [7, 11) is 0. The van der Waals surface area contributed by atoms with Gasteiger partial charge in [0.2, 0.25) is 0 Å². The maximum absolute atomic E-state index is 10.0. The Balaban J connectivity index is 3.26. The Morgan fingerprint density at radius 2 is 2.33 bits per heavy atom. The minimum atomic E-state index is -1.97. The lowest BCUT2D eigenvalue weighted by Gasteiger charge is -2.11. The summed E-state index contributed by atoms with van der Waals surface area (Å²) in [6.07, 6.45) is 1.73. The second kappa shape index (κ2) is 4.90. The van der Waals surface area contributed by atoms with Gasteiger partial charge in [-0.05, 0) is 6.42 Å². The van der Waals surface area contributed by atoms with Crippen LogP contribution in [0.1, 0.15) is 19.8 Å². The van der Waals surface area contributed by atoms with Crippen molar-refractivity contribution in [2.24, 2.45) is 5.73 Å². The van der Waals surface area contributed by atoms with E-state index in [4.69, 9.17) is 5.73 Å². The summed E-state index contributed by atoms with van der Waals surface area (Å²) in [5, 5.41) is 0. The Morgan fingerprint density at radius 3 is 2.67 bits per heavy atom. The van der Waals surface area contributed by atoms with Gasteiger partial charge in [0.25, 0.3) is 0 Å². The third-order valence-electron chi connectivity index (χ3n) is 1.01. The minimum Gasteiger partial charge on any atom is -0.772 e. The molecule has 2 N–H and O–H groups in total. The molecule has 0 spiro atoms. The van der Waals surface area contributed by atoms with Crippen LogP contribution in [0.5, 0.6) is 0 Å². The van der Waals surface area contributed by atoms with E-state index >= 15 is 0 Å². The number of hydrogen-bond acceptors (Lipinski definition) is 3. The molecule has 0 aliphatic heterocycles. The predicted molar refractivity (Wildman–Crippen MR) is 36.7 cm³/mol. The summed E-state index contributed by atoms with van der Waals surface area (Å²) in [6, 6.07) is -0.173. The van der Waals surface area contributed by atoms with E-state index in [9.17, 15) is 8.76 Å². The maximum atomic E-state index is 10.0. The van der Waals surface area contributed by atoms with Crippen molar-refractivity contribution in [2.75, 3.05) is 5.75 Å². The van der Waals surface area contributed by atoms with Gasteiger partial charge in [0.15, 0.2) is 0 Å². The molecule has 56 valence electrons. The topological polar surface area (TPSA) is 66.2 Å². The Hall–Kier alpha value is 0.0700. The fourth-order valence-electron chi connectivity index (χ4n) is 0.629. The summed E-state index contributed by atoms with van der Waals surface area (Å²) in [5.74, 6) is 0.0911. The van der Waals surface area contributed by atoms with Gasteiger partial charge in [-0.25, -0.2) is 0 Å². The molecule has 4 heteroatoms. The molecular formula is C5H12NO2S-. The Bertz CT molecular complexity index is 97.0. The van der Waals surface area contributed by atoms with Gasteiger partial charge in [-0.2, -0.15) is 0 Å². The summed E-state index contributed by atoms with van der Waals surface area (Å²) in [6.45, 7) is 1.98. The molecule has 0 aromatic heterocycles. The molecule has 0 aromatic rings. The van der Waals surface area contributed by atoms with Gasteiger partial charge >= 0.3 is 0 Å². The van der Waals surface area contributed by atoms with E-state index in [0.29, 0.717) is 0 Å². The predicted octanol–water partition coefficient (Wildman–Crippen LogP) is -0.00710. The molecular weight excluding hydrogens is 138 g/mol. The van der Waals surface area contributed by atoms with Gasteiger partial charge in [0.1, 0.15) is 0 Å². The van der Waals surface area contributed by atoms with Crippen molar-refractivity contribution in [1.82, 2.24) is 0 Å². The van der Waals surface area contributed by atoms with Crippen LogP contribution in [0, 0.1) is 0 Å². The molecule has 0 saturated carbocycles. The molecule has 0 amide bonds. The molecule has 0 bridgehead atoms. The normalized spacial score (nSPS) is 17.2. The quantitative estimate of drug-likeness (QED) is 0.573. The second-order valence-corrected chi connectivity index (χ2v) is 2.96. The second-order valence-electron chi connectivity index (χ2n) is 2.02. The van der Waals surface area contributed by atoms with Crippen LogP contribution < -0.4 is 5.73 Å². The zero-order chi connectivity index (χ0) is 7.28. The van der Waals surface area contributed by atoms with Crippen molar-refractivity contribution in [3.05, 3.63) is 0 Å². The summed E-state index contributed by atoms with van der Waals surface area (Å²) in [4.78, 5) is 0. The molecule has 0 saturated heterocycles. The Labute approximate surface area is 57.9 Å². The van der Waals surface area contributed by atoms with Crippen LogP contribution in [0.4, 0.5) is 0 Å². The van der Waals surface area contributed by atoms with Crippen LogP contribution in [0.2, 0.25) is 0 Å². The number of rotatable bonds is 4. The highest BCUT2D eigenvalue weighted by molar-refractivity contribution is 7.79. The maximum Gasteiger partial charge on any atom is 0.0254 e. The molecule has 2 atom stereocenters. The summed E-state index contributed by atoms with van der Waals surface area (Å²) >= 11 is -1.97. The fraction of sp³-hybridized carbons (Fsp3) is 1.00. The first-order valence-electron chi connectivity index (χ1n) is 2.98. The average Bonchev–Trinajstić information content (AvgIpc) is 1.63. The lowest BCUT2D eigenvalue weighted by molar-refractivity contribution is 0.525. The lowest BCUT2D eigenvalue weighted by atomic mass is 10.2. The van der Waals surface area contributed by atoms with E-state index in [1.165, 1.54) is 0 Å². The highest BCUT2D eigenvalue weighted by atomic mass is 32.2. The first-order valence-corrected chi connectivity index (χ1v) is 4.22. The lowest BCUT2D eigenvalue weighted by Crippen LogP contribution is -2.26. The van der Waals surface area contributed by atoms with Gasteiger partial charge in [-0.15, -0.1) is 0 Å². The van der Waals surface area contributed by atoms with E-state index in [0.717, 1.165) is 12.8 Å². The van der Waals surface area contributed by atoms with Crippen LogP contribution in [-0.4, -0.2) is 20.6 Å². The van der Waals surface area contributed by atoms with Gasteiger partial charge in [-0.1, -0.05) is 24.4 Å². The highest BCUT2D eigenvalue weighted by Crippen LogP contribution is 1.93. The molecule has 2 unspecified atom stereocenters. The molecule has 0 rings (SSSR count).